The third kappa shape index (κ3) is 2.51. The van der Waals surface area contributed by atoms with Gasteiger partial charge in [-0.2, -0.15) is 0 Å². The number of aromatic amines is 1. The highest BCUT2D eigenvalue weighted by molar-refractivity contribution is 5.94. The fraction of sp³-hybridized carbons (Fsp3) is 0.667. The van der Waals surface area contributed by atoms with Gasteiger partial charge in [0.2, 0.25) is 5.56 Å². The monoisotopic (exact) mass is 318 g/mol. The van der Waals surface area contributed by atoms with Gasteiger partial charge in [0, 0.05) is 48.4 Å². The maximum absolute atomic E-state index is 12.9. The number of hydrogen-bond donors (Lipinski definition) is 1. The number of carbonyl (C=O) groups is 1. The van der Waals surface area contributed by atoms with Gasteiger partial charge in [0.05, 0.1) is 6.10 Å². The van der Waals surface area contributed by atoms with Gasteiger partial charge in [0.15, 0.2) is 0 Å². The Bertz CT molecular complexity index is 677. The molecule has 1 aromatic heterocycles. The van der Waals surface area contributed by atoms with Gasteiger partial charge in [-0.25, -0.2) is 0 Å². The second-order valence-electron chi connectivity index (χ2n) is 7.77. The molecule has 1 aliphatic carbocycles. The largest absolute Gasteiger partial charge is 0.377 e. The third-order valence-corrected chi connectivity index (χ3v) is 5.51. The van der Waals surface area contributed by atoms with E-state index in [9.17, 15) is 9.59 Å². The maximum Gasteiger partial charge on any atom is 0.254 e. The number of fused-ring (bicyclic) bond motifs is 1. The average Bonchev–Trinajstić information content (AvgIpc) is 2.91. The molecule has 1 N–H and O–H groups in total. The molecule has 126 valence electrons. The zero-order valence-corrected chi connectivity index (χ0v) is 14.6. The van der Waals surface area contributed by atoms with Crippen LogP contribution in [0.4, 0.5) is 0 Å². The van der Waals surface area contributed by atoms with Crippen molar-refractivity contribution in [2.75, 3.05) is 13.7 Å². The van der Waals surface area contributed by atoms with Crippen LogP contribution in [0.5, 0.6) is 0 Å². The first kappa shape index (κ1) is 16.2. The van der Waals surface area contributed by atoms with Crippen molar-refractivity contribution in [2.24, 2.45) is 11.3 Å². The van der Waals surface area contributed by atoms with Gasteiger partial charge in [0.1, 0.15) is 0 Å². The summed E-state index contributed by atoms with van der Waals surface area (Å²) in [5.74, 6) is 0.500. The van der Waals surface area contributed by atoms with E-state index in [1.807, 2.05) is 25.8 Å². The van der Waals surface area contributed by atoms with E-state index in [2.05, 4.69) is 18.8 Å². The lowest BCUT2D eigenvalue weighted by atomic mass is 9.56. The molecule has 3 rings (SSSR count). The highest BCUT2D eigenvalue weighted by atomic mass is 16.5. The number of carbonyl (C=O) groups excluding carboxylic acids is 1. The topological polar surface area (TPSA) is 62.4 Å². The van der Waals surface area contributed by atoms with Crippen molar-refractivity contribution in [3.63, 3.8) is 0 Å². The fourth-order valence-electron chi connectivity index (χ4n) is 4.41. The lowest BCUT2D eigenvalue weighted by Crippen LogP contribution is -2.66. The first-order valence-electron chi connectivity index (χ1n) is 8.36. The Morgan fingerprint density at radius 1 is 1.39 bits per heavy atom. The molecule has 1 saturated heterocycles. The van der Waals surface area contributed by atoms with Crippen molar-refractivity contribution in [2.45, 2.75) is 52.2 Å². The Balaban J connectivity index is 1.87. The minimum Gasteiger partial charge on any atom is -0.377 e. The molecule has 1 amide bonds. The van der Waals surface area contributed by atoms with Gasteiger partial charge in [-0.15, -0.1) is 0 Å². The molecule has 1 aromatic rings. The molecular formula is C18H26N2O3. The summed E-state index contributed by atoms with van der Waals surface area (Å²) in [4.78, 5) is 29.4. The highest BCUT2D eigenvalue weighted by Crippen LogP contribution is 2.54. The Hall–Kier alpha value is -1.62. The van der Waals surface area contributed by atoms with E-state index in [4.69, 9.17) is 4.74 Å². The number of nitrogens with one attached hydrogen (secondary N) is 1. The van der Waals surface area contributed by atoms with Crippen molar-refractivity contribution < 1.29 is 9.53 Å². The van der Waals surface area contributed by atoms with Crippen molar-refractivity contribution >= 4 is 5.91 Å². The molecule has 23 heavy (non-hydrogen) atoms. The molecule has 2 heterocycles. The van der Waals surface area contributed by atoms with Gasteiger partial charge in [-0.1, -0.05) is 27.7 Å². The van der Waals surface area contributed by atoms with E-state index in [0.717, 1.165) is 18.7 Å². The molecule has 1 saturated carbocycles. The smallest absolute Gasteiger partial charge is 0.254 e. The fourth-order valence-corrected chi connectivity index (χ4v) is 4.41. The number of amides is 1. The number of hydrogen-bond acceptors (Lipinski definition) is 3. The van der Waals surface area contributed by atoms with Crippen molar-refractivity contribution in [3.05, 3.63) is 33.7 Å². The van der Waals surface area contributed by atoms with Crippen LogP contribution >= 0.6 is 0 Å². The van der Waals surface area contributed by atoms with Crippen LogP contribution in [0.1, 0.15) is 56.1 Å². The zero-order valence-electron chi connectivity index (χ0n) is 14.6. The predicted octanol–water partition coefficient (Wildman–Crippen LogP) is 2.38. The van der Waals surface area contributed by atoms with Crippen LogP contribution in [0.15, 0.2) is 16.9 Å². The Morgan fingerprint density at radius 3 is 2.74 bits per heavy atom. The lowest BCUT2D eigenvalue weighted by Gasteiger charge is -2.57. The minimum atomic E-state index is -0.220. The van der Waals surface area contributed by atoms with E-state index in [-0.39, 0.29) is 34.9 Å². The second-order valence-corrected chi connectivity index (χ2v) is 7.77. The molecule has 3 atom stereocenters. The van der Waals surface area contributed by atoms with Gasteiger partial charge in [-0.05, 0) is 18.4 Å². The molecule has 0 spiro atoms. The summed E-state index contributed by atoms with van der Waals surface area (Å²) in [6.45, 7) is 9.09. The molecular weight excluding hydrogens is 292 g/mol. The van der Waals surface area contributed by atoms with Crippen LogP contribution in [0.3, 0.4) is 0 Å². The van der Waals surface area contributed by atoms with Gasteiger partial charge < -0.3 is 14.6 Å². The molecule has 1 aliphatic heterocycles. The van der Waals surface area contributed by atoms with Gasteiger partial charge in [-0.3, -0.25) is 9.59 Å². The SMILES string of the molecule is CC(C)c1cc(C(=O)N(C)[C@@H]2[C@H]3CCO[C@@H]3C2(C)C)cc(=O)[nH]1. The summed E-state index contributed by atoms with van der Waals surface area (Å²) in [5.41, 5.74) is 0.999. The Kier molecular flexibility index (Phi) is 3.87. The number of aromatic nitrogens is 1. The number of H-pyrrole nitrogens is 1. The normalized spacial score (nSPS) is 28.3. The summed E-state index contributed by atoms with van der Waals surface area (Å²) in [5, 5.41) is 0. The molecule has 0 bridgehead atoms. The van der Waals surface area contributed by atoms with Crippen LogP contribution < -0.4 is 5.56 Å². The van der Waals surface area contributed by atoms with Crippen LogP contribution in [0, 0.1) is 11.3 Å². The minimum absolute atomic E-state index is 0.0480. The van der Waals surface area contributed by atoms with Crippen LogP contribution in [-0.4, -0.2) is 41.6 Å². The zero-order chi connectivity index (χ0) is 16.9. The summed E-state index contributed by atoms with van der Waals surface area (Å²) >= 11 is 0. The number of nitrogens with zero attached hydrogens (tertiary/aromatic N) is 1. The molecule has 0 radical (unpaired) electrons. The van der Waals surface area contributed by atoms with Crippen LogP contribution in [-0.2, 0) is 4.74 Å². The van der Waals surface area contributed by atoms with E-state index in [0.29, 0.717) is 11.5 Å². The summed E-state index contributed by atoms with van der Waals surface area (Å²) in [6.07, 6.45) is 1.25. The molecule has 5 heteroatoms. The number of rotatable bonds is 3. The van der Waals surface area contributed by atoms with Crippen molar-refractivity contribution in [1.29, 1.82) is 0 Å². The summed E-state index contributed by atoms with van der Waals surface area (Å²) in [7, 11) is 1.85. The first-order chi connectivity index (χ1) is 10.7. The lowest BCUT2D eigenvalue weighted by molar-refractivity contribution is -0.139. The maximum atomic E-state index is 12.9. The number of ether oxygens (including phenoxy) is 1. The molecule has 0 unspecified atom stereocenters. The van der Waals surface area contributed by atoms with Crippen LogP contribution in [0.25, 0.3) is 0 Å². The molecule has 2 fully saturated rings. The molecule has 2 aliphatic rings. The first-order valence-corrected chi connectivity index (χ1v) is 8.36. The van der Waals surface area contributed by atoms with Crippen molar-refractivity contribution in [3.8, 4) is 0 Å². The van der Waals surface area contributed by atoms with E-state index in [1.165, 1.54) is 6.07 Å². The highest BCUT2D eigenvalue weighted by Gasteiger charge is 2.61. The van der Waals surface area contributed by atoms with Gasteiger partial charge >= 0.3 is 0 Å². The average molecular weight is 318 g/mol. The number of pyridine rings is 1. The second kappa shape index (κ2) is 5.48. The summed E-state index contributed by atoms with van der Waals surface area (Å²) < 4.78 is 5.81. The third-order valence-electron chi connectivity index (χ3n) is 5.51. The van der Waals surface area contributed by atoms with E-state index in [1.54, 1.807) is 6.07 Å². The van der Waals surface area contributed by atoms with E-state index >= 15 is 0 Å². The predicted molar refractivity (Wildman–Crippen MR) is 88.7 cm³/mol. The Morgan fingerprint density at radius 2 is 2.09 bits per heavy atom. The van der Waals surface area contributed by atoms with E-state index < -0.39 is 0 Å². The van der Waals surface area contributed by atoms with Crippen molar-refractivity contribution in [1.82, 2.24) is 9.88 Å². The summed E-state index contributed by atoms with van der Waals surface area (Å²) in [6, 6.07) is 3.36. The van der Waals surface area contributed by atoms with Crippen LogP contribution in [0.2, 0.25) is 0 Å². The Labute approximate surface area is 137 Å². The molecule has 5 nitrogen and oxygen atoms in total. The van der Waals surface area contributed by atoms with Gasteiger partial charge in [0.25, 0.3) is 5.91 Å². The standard InChI is InChI=1S/C18H26N2O3/c1-10(2)13-8-11(9-14(21)19-13)17(22)20(5)15-12-6-7-23-16(12)18(15,3)4/h8-10,12,15-16H,6-7H2,1-5H3,(H,19,21)/t12-,15-,16+/m1/s1. The molecule has 0 aromatic carbocycles. The quantitative estimate of drug-likeness (QED) is 0.931.